The van der Waals surface area contributed by atoms with E-state index in [1.54, 1.807) is 55.6 Å². The quantitative estimate of drug-likeness (QED) is 0.227. The van der Waals surface area contributed by atoms with Crippen LogP contribution >= 0.6 is 23.2 Å². The lowest BCUT2D eigenvalue weighted by Crippen LogP contribution is -2.43. The molecule has 0 aliphatic carbocycles. The number of carbonyl (C=O) groups excluding carboxylic acids is 2. The molecule has 38 heavy (non-hydrogen) atoms. The average Bonchev–Trinajstić information content (AvgIpc) is 2.83. The highest BCUT2D eigenvalue weighted by Gasteiger charge is 2.38. The van der Waals surface area contributed by atoms with Gasteiger partial charge >= 0.3 is 5.97 Å². The number of halogens is 2. The summed E-state index contributed by atoms with van der Waals surface area (Å²) in [6.45, 7) is 13.6. The van der Waals surface area contributed by atoms with Crippen LogP contribution in [-0.2, 0) is 18.8 Å². The smallest absolute Gasteiger partial charge is 0.304 e. The summed E-state index contributed by atoms with van der Waals surface area (Å²) in [5.74, 6) is -1.29. The Morgan fingerprint density at radius 1 is 1.05 bits per heavy atom. The lowest BCUT2D eigenvalue weighted by molar-refractivity contribution is -0.153. The summed E-state index contributed by atoms with van der Waals surface area (Å²) >= 11 is 12.1. The van der Waals surface area contributed by atoms with Gasteiger partial charge in [0.25, 0.3) is 5.56 Å². The zero-order chi connectivity index (χ0) is 28.4. The van der Waals surface area contributed by atoms with Gasteiger partial charge < -0.3 is 14.5 Å². The summed E-state index contributed by atoms with van der Waals surface area (Å²) in [5, 5.41) is 4.59. The zero-order valence-electron chi connectivity index (χ0n) is 22.7. The third-order valence-corrected chi connectivity index (χ3v) is 12.3. The van der Waals surface area contributed by atoms with Crippen LogP contribution in [0.3, 0.4) is 0 Å². The summed E-state index contributed by atoms with van der Waals surface area (Å²) in [5.41, 5.74) is 0.844. The number of hydrogen-bond donors (Lipinski definition) is 1. The maximum absolute atomic E-state index is 13.5. The molecule has 1 heterocycles. The first-order valence-corrected chi connectivity index (χ1v) is 16.0. The lowest BCUT2D eigenvalue weighted by Gasteiger charge is -2.37. The minimum atomic E-state index is -2.17. The molecule has 1 unspecified atom stereocenters. The topological polar surface area (TPSA) is 86.6 Å². The van der Waals surface area contributed by atoms with Crippen molar-refractivity contribution >= 4 is 59.9 Å². The Morgan fingerprint density at radius 3 is 2.34 bits per heavy atom. The van der Waals surface area contributed by atoms with E-state index in [1.807, 2.05) is 0 Å². The standard InChI is InChI=1S/C28H34Cl2N2O5Si/c1-17(19-11-12-22(29)23(30)15-19)26(34)31-24-10-8-9-21-20(24)13-14-32(27(21)35)25(37-18(2)33)16-36-38(6,7)28(3,4)5/h8-15,17,25H,16H2,1-7H3,(H,31,34)/t17?,25-/m0/s1. The maximum atomic E-state index is 13.5. The van der Waals surface area contributed by atoms with Crippen LogP contribution in [0, 0.1) is 0 Å². The summed E-state index contributed by atoms with van der Waals surface area (Å²) < 4.78 is 13.1. The molecule has 0 aliphatic rings. The SMILES string of the molecule is CC(=O)O[C@@H](CO[Si](C)(C)C(C)(C)C)n1ccc2c(NC(=O)C(C)c3ccc(Cl)c(Cl)c3)cccc2c1=O. The number of pyridine rings is 1. The van der Waals surface area contributed by atoms with E-state index in [2.05, 4.69) is 39.2 Å². The van der Waals surface area contributed by atoms with Gasteiger partial charge in [-0.3, -0.25) is 19.0 Å². The molecule has 0 radical (unpaired) electrons. The summed E-state index contributed by atoms with van der Waals surface area (Å²) in [6, 6.07) is 11.9. The second-order valence-corrected chi connectivity index (χ2v) is 16.4. The van der Waals surface area contributed by atoms with Gasteiger partial charge in [-0.2, -0.15) is 0 Å². The third kappa shape index (κ3) is 6.67. The van der Waals surface area contributed by atoms with Gasteiger partial charge in [0, 0.05) is 29.6 Å². The number of anilines is 1. The predicted molar refractivity (Wildman–Crippen MR) is 156 cm³/mol. The summed E-state index contributed by atoms with van der Waals surface area (Å²) in [4.78, 5) is 38.5. The molecule has 1 N–H and O–H groups in total. The molecule has 0 saturated heterocycles. The van der Waals surface area contributed by atoms with E-state index in [0.717, 1.165) is 0 Å². The molecule has 3 rings (SSSR count). The zero-order valence-corrected chi connectivity index (χ0v) is 25.2. The number of carbonyl (C=O) groups is 2. The van der Waals surface area contributed by atoms with Gasteiger partial charge in [0.2, 0.25) is 12.1 Å². The van der Waals surface area contributed by atoms with E-state index in [1.165, 1.54) is 11.5 Å². The molecule has 1 amide bonds. The maximum Gasteiger partial charge on any atom is 0.304 e. The molecular formula is C28H34Cl2N2O5Si. The van der Waals surface area contributed by atoms with E-state index in [4.69, 9.17) is 32.4 Å². The average molecular weight is 578 g/mol. The van der Waals surface area contributed by atoms with E-state index in [-0.39, 0.29) is 23.1 Å². The molecule has 2 atom stereocenters. The van der Waals surface area contributed by atoms with Gasteiger partial charge in [-0.1, -0.05) is 56.1 Å². The molecule has 10 heteroatoms. The number of hydrogen-bond acceptors (Lipinski definition) is 5. The van der Waals surface area contributed by atoms with E-state index in [9.17, 15) is 14.4 Å². The van der Waals surface area contributed by atoms with Crippen LogP contribution in [0.1, 0.15) is 52.3 Å². The number of aromatic nitrogens is 1. The molecular weight excluding hydrogens is 543 g/mol. The Morgan fingerprint density at radius 2 is 1.74 bits per heavy atom. The van der Waals surface area contributed by atoms with E-state index < -0.39 is 26.4 Å². The van der Waals surface area contributed by atoms with Crippen LogP contribution in [0.25, 0.3) is 10.8 Å². The summed E-state index contributed by atoms with van der Waals surface area (Å²) in [6.07, 6.45) is 0.636. The Balaban J connectivity index is 1.92. The highest BCUT2D eigenvalue weighted by atomic mass is 35.5. The van der Waals surface area contributed by atoms with Gasteiger partial charge in [0.15, 0.2) is 8.32 Å². The number of amides is 1. The van der Waals surface area contributed by atoms with Crippen LogP contribution in [-0.4, -0.2) is 31.4 Å². The first kappa shape index (κ1) is 29.9. The van der Waals surface area contributed by atoms with Gasteiger partial charge in [0.05, 0.1) is 22.6 Å². The van der Waals surface area contributed by atoms with Crippen LogP contribution in [0.4, 0.5) is 5.69 Å². The van der Waals surface area contributed by atoms with Gasteiger partial charge in [0.1, 0.15) is 0 Å². The largest absolute Gasteiger partial charge is 0.439 e. The normalized spacial score (nSPS) is 13.7. The minimum absolute atomic E-state index is 0.0519. The van der Waals surface area contributed by atoms with Gasteiger partial charge in [-0.25, -0.2) is 0 Å². The number of nitrogens with zero attached hydrogens (tertiary/aromatic N) is 1. The molecule has 204 valence electrons. The molecule has 0 aliphatic heterocycles. The van der Waals surface area contributed by atoms with Crippen molar-refractivity contribution in [3.8, 4) is 0 Å². The number of ether oxygens (including phenoxy) is 1. The van der Waals surface area contributed by atoms with Crippen molar-refractivity contribution in [2.24, 2.45) is 0 Å². The molecule has 0 fully saturated rings. The Kier molecular flexibility index (Phi) is 9.14. The first-order chi connectivity index (χ1) is 17.6. The Labute approximate surface area is 234 Å². The molecule has 2 aromatic carbocycles. The van der Waals surface area contributed by atoms with Crippen molar-refractivity contribution in [2.45, 2.75) is 64.9 Å². The molecule has 0 spiro atoms. The van der Waals surface area contributed by atoms with Crippen LogP contribution in [0.5, 0.6) is 0 Å². The van der Waals surface area contributed by atoms with E-state index >= 15 is 0 Å². The van der Waals surface area contributed by atoms with Crippen molar-refractivity contribution in [3.05, 3.63) is 74.6 Å². The number of esters is 1. The van der Waals surface area contributed by atoms with Gasteiger partial charge in [-0.05, 0) is 61.0 Å². The highest BCUT2D eigenvalue weighted by Crippen LogP contribution is 2.37. The van der Waals surface area contributed by atoms with Crippen molar-refractivity contribution in [1.29, 1.82) is 0 Å². The third-order valence-electron chi connectivity index (χ3n) is 7.07. The fourth-order valence-electron chi connectivity index (χ4n) is 3.66. The van der Waals surface area contributed by atoms with E-state index in [0.29, 0.717) is 32.1 Å². The van der Waals surface area contributed by atoms with Crippen molar-refractivity contribution in [1.82, 2.24) is 4.57 Å². The van der Waals surface area contributed by atoms with Crippen molar-refractivity contribution in [3.63, 3.8) is 0 Å². The second kappa shape index (κ2) is 11.6. The molecule has 0 saturated carbocycles. The molecule has 0 bridgehead atoms. The van der Waals surface area contributed by atoms with Gasteiger partial charge in [-0.15, -0.1) is 0 Å². The molecule has 3 aromatic rings. The second-order valence-electron chi connectivity index (χ2n) is 10.8. The minimum Gasteiger partial charge on any atom is -0.439 e. The number of nitrogens with one attached hydrogen (secondary N) is 1. The number of rotatable bonds is 8. The van der Waals surface area contributed by atoms with Crippen LogP contribution in [0.15, 0.2) is 53.5 Å². The Bertz CT molecular complexity index is 1410. The Hall–Kier alpha value is -2.65. The summed E-state index contributed by atoms with van der Waals surface area (Å²) in [7, 11) is -2.17. The number of fused-ring (bicyclic) bond motifs is 1. The fourth-order valence-corrected chi connectivity index (χ4v) is 4.96. The van der Waals surface area contributed by atoms with Crippen molar-refractivity contribution in [2.75, 3.05) is 11.9 Å². The molecule has 7 nitrogen and oxygen atoms in total. The fraction of sp³-hybridized carbons (Fsp3) is 0.393. The van der Waals surface area contributed by atoms with Crippen molar-refractivity contribution < 1.29 is 18.8 Å². The van der Waals surface area contributed by atoms with Crippen LogP contribution < -0.4 is 10.9 Å². The molecule has 1 aromatic heterocycles. The highest BCUT2D eigenvalue weighted by molar-refractivity contribution is 6.74. The number of benzene rings is 2. The monoisotopic (exact) mass is 576 g/mol. The first-order valence-electron chi connectivity index (χ1n) is 12.3. The predicted octanol–water partition coefficient (Wildman–Crippen LogP) is 7.13. The van der Waals surface area contributed by atoms with Crippen LogP contribution in [0.2, 0.25) is 28.2 Å². The lowest BCUT2D eigenvalue weighted by atomic mass is 10.00.